The summed E-state index contributed by atoms with van der Waals surface area (Å²) < 4.78 is 1.65. The van der Waals surface area contributed by atoms with Gasteiger partial charge in [0.2, 0.25) is 0 Å². The van der Waals surface area contributed by atoms with E-state index in [2.05, 4.69) is 0 Å². The van der Waals surface area contributed by atoms with Crippen LogP contribution in [-0.4, -0.2) is 15.6 Å². The van der Waals surface area contributed by atoms with Crippen molar-refractivity contribution in [2.45, 2.75) is 19.4 Å². The number of carboxylic acids is 1. The van der Waals surface area contributed by atoms with Crippen molar-refractivity contribution < 1.29 is 9.90 Å². The SMILES string of the molecule is O=C(O)C1CCn2c(cccc2=O)C1. The number of nitrogens with zero attached hydrogens (tertiary/aromatic N) is 1. The molecular formula is C10H11NO3. The Hall–Kier alpha value is -1.58. The molecule has 1 aliphatic rings. The number of carbonyl (C=O) groups is 1. The van der Waals surface area contributed by atoms with Crippen molar-refractivity contribution in [2.75, 3.05) is 0 Å². The van der Waals surface area contributed by atoms with E-state index in [-0.39, 0.29) is 11.5 Å². The highest BCUT2D eigenvalue weighted by Crippen LogP contribution is 2.18. The van der Waals surface area contributed by atoms with Gasteiger partial charge in [0.1, 0.15) is 0 Å². The normalized spacial score (nSPS) is 20.1. The van der Waals surface area contributed by atoms with Gasteiger partial charge in [0.05, 0.1) is 5.92 Å². The van der Waals surface area contributed by atoms with Crippen LogP contribution in [0.4, 0.5) is 0 Å². The number of hydrogen-bond acceptors (Lipinski definition) is 2. The number of rotatable bonds is 1. The minimum atomic E-state index is -0.771. The lowest BCUT2D eigenvalue weighted by Crippen LogP contribution is -2.32. The molecule has 4 nitrogen and oxygen atoms in total. The second-order valence-corrected chi connectivity index (χ2v) is 3.53. The van der Waals surface area contributed by atoms with Gasteiger partial charge in [-0.1, -0.05) is 6.07 Å². The zero-order valence-electron chi connectivity index (χ0n) is 7.64. The van der Waals surface area contributed by atoms with Crippen molar-refractivity contribution >= 4 is 5.97 Å². The molecule has 0 saturated heterocycles. The number of hydrogen-bond donors (Lipinski definition) is 1. The second kappa shape index (κ2) is 3.29. The van der Waals surface area contributed by atoms with Gasteiger partial charge in [0.15, 0.2) is 0 Å². The van der Waals surface area contributed by atoms with Gasteiger partial charge in [0.25, 0.3) is 5.56 Å². The highest BCUT2D eigenvalue weighted by atomic mass is 16.4. The zero-order valence-corrected chi connectivity index (χ0v) is 7.64. The monoisotopic (exact) mass is 193 g/mol. The van der Waals surface area contributed by atoms with Crippen LogP contribution in [0, 0.1) is 5.92 Å². The van der Waals surface area contributed by atoms with Crippen molar-refractivity contribution in [3.63, 3.8) is 0 Å². The minimum absolute atomic E-state index is 0.0358. The van der Waals surface area contributed by atoms with Gasteiger partial charge < -0.3 is 9.67 Å². The molecule has 74 valence electrons. The van der Waals surface area contributed by atoms with Crippen LogP contribution < -0.4 is 5.56 Å². The summed E-state index contributed by atoms with van der Waals surface area (Å²) in [6.45, 7) is 0.520. The Morgan fingerprint density at radius 3 is 3.00 bits per heavy atom. The first-order chi connectivity index (χ1) is 6.68. The molecule has 1 aliphatic heterocycles. The van der Waals surface area contributed by atoms with Gasteiger partial charge in [-0.05, 0) is 12.5 Å². The standard InChI is InChI=1S/C10H11NO3/c12-9-3-1-2-8-6-7(10(13)14)4-5-11(8)9/h1-3,7H,4-6H2,(H,13,14). The maximum Gasteiger partial charge on any atom is 0.306 e. The lowest BCUT2D eigenvalue weighted by atomic mass is 9.95. The first kappa shape index (κ1) is 8.99. The van der Waals surface area contributed by atoms with Crippen molar-refractivity contribution in [3.8, 4) is 0 Å². The molecule has 1 atom stereocenters. The van der Waals surface area contributed by atoms with Gasteiger partial charge >= 0.3 is 5.97 Å². The van der Waals surface area contributed by atoms with E-state index in [9.17, 15) is 9.59 Å². The predicted molar refractivity (Wildman–Crippen MR) is 50.1 cm³/mol. The zero-order chi connectivity index (χ0) is 10.1. The average molecular weight is 193 g/mol. The number of fused-ring (bicyclic) bond motifs is 1. The Balaban J connectivity index is 2.36. The fourth-order valence-electron chi connectivity index (χ4n) is 1.85. The Kier molecular flexibility index (Phi) is 2.11. The summed E-state index contributed by atoms with van der Waals surface area (Å²) in [7, 11) is 0. The third-order valence-electron chi connectivity index (χ3n) is 2.65. The second-order valence-electron chi connectivity index (χ2n) is 3.53. The number of pyridine rings is 1. The molecule has 0 spiro atoms. The molecule has 0 fully saturated rings. The fourth-order valence-corrected chi connectivity index (χ4v) is 1.85. The molecule has 0 bridgehead atoms. The summed E-state index contributed by atoms with van der Waals surface area (Å²) in [5.74, 6) is -1.11. The maximum absolute atomic E-state index is 11.4. The Morgan fingerprint density at radius 1 is 1.50 bits per heavy atom. The maximum atomic E-state index is 11.4. The summed E-state index contributed by atoms with van der Waals surface area (Å²) in [4.78, 5) is 22.1. The predicted octanol–water partition coefficient (Wildman–Crippen LogP) is 0.495. The number of aromatic nitrogens is 1. The van der Waals surface area contributed by atoms with E-state index in [1.54, 1.807) is 10.6 Å². The summed E-state index contributed by atoms with van der Waals surface area (Å²) in [5, 5.41) is 8.85. The summed E-state index contributed by atoms with van der Waals surface area (Å²) in [6.07, 6.45) is 1.01. The van der Waals surface area contributed by atoms with E-state index < -0.39 is 5.97 Å². The molecule has 0 amide bonds. The van der Waals surface area contributed by atoms with Crippen molar-refractivity contribution in [1.82, 2.24) is 4.57 Å². The molecule has 0 radical (unpaired) electrons. The summed E-state index contributed by atoms with van der Waals surface area (Å²) >= 11 is 0. The van der Waals surface area contributed by atoms with Crippen LogP contribution in [-0.2, 0) is 17.8 Å². The molecule has 0 aromatic carbocycles. The van der Waals surface area contributed by atoms with Gasteiger partial charge in [-0.2, -0.15) is 0 Å². The third-order valence-corrected chi connectivity index (χ3v) is 2.65. The van der Waals surface area contributed by atoms with Crippen molar-refractivity contribution in [3.05, 3.63) is 34.2 Å². The number of carboxylic acid groups (broad SMARTS) is 1. The molecule has 1 aromatic heterocycles. The van der Waals surface area contributed by atoms with E-state index >= 15 is 0 Å². The molecule has 0 saturated carbocycles. The molecule has 2 rings (SSSR count). The lowest BCUT2D eigenvalue weighted by molar-refractivity contribution is -0.142. The summed E-state index contributed by atoms with van der Waals surface area (Å²) in [5.41, 5.74) is 0.794. The quantitative estimate of drug-likeness (QED) is 0.706. The van der Waals surface area contributed by atoms with E-state index in [1.165, 1.54) is 6.07 Å². The topological polar surface area (TPSA) is 59.3 Å². The average Bonchev–Trinajstić information content (AvgIpc) is 2.17. The fraction of sp³-hybridized carbons (Fsp3) is 0.400. The first-order valence-corrected chi connectivity index (χ1v) is 4.60. The van der Waals surface area contributed by atoms with Gasteiger partial charge in [-0.15, -0.1) is 0 Å². The molecule has 1 N–H and O–H groups in total. The van der Waals surface area contributed by atoms with E-state index in [0.717, 1.165) is 5.69 Å². The van der Waals surface area contributed by atoms with E-state index in [4.69, 9.17) is 5.11 Å². The smallest absolute Gasteiger partial charge is 0.306 e. The van der Waals surface area contributed by atoms with Crippen LogP contribution in [0.2, 0.25) is 0 Å². The Morgan fingerprint density at radius 2 is 2.29 bits per heavy atom. The van der Waals surface area contributed by atoms with Crippen molar-refractivity contribution in [2.24, 2.45) is 5.92 Å². The molecule has 4 heteroatoms. The highest BCUT2D eigenvalue weighted by molar-refractivity contribution is 5.70. The minimum Gasteiger partial charge on any atom is -0.481 e. The molecule has 0 aliphatic carbocycles. The van der Waals surface area contributed by atoms with E-state index in [0.29, 0.717) is 19.4 Å². The van der Waals surface area contributed by atoms with Crippen LogP contribution in [0.3, 0.4) is 0 Å². The van der Waals surface area contributed by atoms with Crippen LogP contribution >= 0.6 is 0 Å². The molecular weight excluding hydrogens is 182 g/mol. The molecule has 14 heavy (non-hydrogen) atoms. The largest absolute Gasteiger partial charge is 0.481 e. The van der Waals surface area contributed by atoms with Gasteiger partial charge in [-0.3, -0.25) is 9.59 Å². The van der Waals surface area contributed by atoms with Crippen LogP contribution in [0.5, 0.6) is 0 Å². The highest BCUT2D eigenvalue weighted by Gasteiger charge is 2.24. The first-order valence-electron chi connectivity index (χ1n) is 4.60. The number of aliphatic carboxylic acids is 1. The Bertz CT molecular complexity index is 422. The van der Waals surface area contributed by atoms with Gasteiger partial charge in [-0.25, -0.2) is 0 Å². The molecule has 1 aromatic rings. The van der Waals surface area contributed by atoms with Crippen LogP contribution in [0.15, 0.2) is 23.0 Å². The molecule has 1 unspecified atom stereocenters. The summed E-state index contributed by atoms with van der Waals surface area (Å²) in [6, 6.07) is 5.00. The Labute approximate surface area is 80.8 Å². The molecule has 2 heterocycles. The van der Waals surface area contributed by atoms with Gasteiger partial charge in [0, 0.05) is 24.7 Å². The van der Waals surface area contributed by atoms with Crippen LogP contribution in [0.25, 0.3) is 0 Å². The third kappa shape index (κ3) is 1.43. The van der Waals surface area contributed by atoms with Crippen LogP contribution in [0.1, 0.15) is 12.1 Å². The van der Waals surface area contributed by atoms with E-state index in [1.807, 2.05) is 6.07 Å². The van der Waals surface area contributed by atoms with Crippen molar-refractivity contribution in [1.29, 1.82) is 0 Å². The lowest BCUT2D eigenvalue weighted by Gasteiger charge is -2.22.